The van der Waals surface area contributed by atoms with Crippen molar-refractivity contribution in [1.82, 2.24) is 0 Å². The van der Waals surface area contributed by atoms with E-state index in [0.29, 0.717) is 0 Å². The van der Waals surface area contributed by atoms with Gasteiger partial charge in [0.2, 0.25) is 0 Å². The summed E-state index contributed by atoms with van der Waals surface area (Å²) < 4.78 is 0. The second-order valence-corrected chi connectivity index (χ2v) is 17.0. The van der Waals surface area contributed by atoms with Crippen LogP contribution in [0.4, 0.5) is 34.1 Å². The molecule has 0 heterocycles. The summed E-state index contributed by atoms with van der Waals surface area (Å²) in [6.45, 7) is 6.58. The van der Waals surface area contributed by atoms with E-state index in [2.05, 4.69) is 302 Å². The monoisotopic (exact) mass is 884 g/mol. The first-order chi connectivity index (χ1) is 34.1. The van der Waals surface area contributed by atoms with Crippen molar-refractivity contribution in [3.05, 3.63) is 303 Å². The Morgan fingerprint density at radius 3 is 0.870 bits per heavy atom. The highest BCUT2D eigenvalue weighted by Crippen LogP contribution is 2.43. The average molecular weight is 885 g/mol. The highest BCUT2D eigenvalue weighted by atomic mass is 15.1. The van der Waals surface area contributed by atoms with Crippen molar-refractivity contribution in [3.63, 3.8) is 0 Å². The number of nitrogens with zero attached hydrogens (tertiary/aromatic N) is 2. The number of hydrogen-bond donors (Lipinski definition) is 0. The molecule has 10 aromatic rings. The fraction of sp³-hybridized carbons (Fsp3) is 0.0149. The molecule has 0 aromatic heterocycles. The molecule has 0 spiro atoms. The van der Waals surface area contributed by atoms with E-state index >= 15 is 0 Å². The van der Waals surface area contributed by atoms with Crippen LogP contribution < -0.4 is 9.80 Å². The quantitative estimate of drug-likeness (QED) is 0.100. The van der Waals surface area contributed by atoms with Crippen LogP contribution in [0.1, 0.15) is 18.1 Å². The molecule has 0 radical (unpaired) electrons. The first-order valence-corrected chi connectivity index (χ1v) is 23.5. The molecule has 10 rings (SSSR count). The Morgan fingerprint density at radius 1 is 0.290 bits per heavy atom. The number of anilines is 6. The molecule has 0 fully saturated rings. The number of benzene rings is 10. The molecule has 330 valence electrons. The molecule has 2 nitrogen and oxygen atoms in total. The zero-order chi connectivity index (χ0) is 46.8. The van der Waals surface area contributed by atoms with E-state index < -0.39 is 0 Å². The second-order valence-electron chi connectivity index (χ2n) is 17.0. The lowest BCUT2D eigenvalue weighted by Crippen LogP contribution is -2.12. The molecule has 10 aromatic carbocycles. The lowest BCUT2D eigenvalue weighted by molar-refractivity contribution is 1.27. The van der Waals surface area contributed by atoms with Gasteiger partial charge in [0.25, 0.3) is 0 Å². The smallest absolute Gasteiger partial charge is 0.0540 e. The maximum Gasteiger partial charge on any atom is 0.0540 e. The van der Waals surface area contributed by atoms with Crippen LogP contribution in [0.25, 0.3) is 55.7 Å². The van der Waals surface area contributed by atoms with Crippen molar-refractivity contribution in [2.24, 2.45) is 0 Å². The number of allylic oxidation sites excluding steroid dienone is 5. The van der Waals surface area contributed by atoms with Crippen LogP contribution in [0.3, 0.4) is 0 Å². The van der Waals surface area contributed by atoms with Gasteiger partial charge in [0.15, 0.2) is 0 Å². The van der Waals surface area contributed by atoms with E-state index in [1.807, 2.05) is 6.08 Å². The molecule has 0 amide bonds. The van der Waals surface area contributed by atoms with Gasteiger partial charge in [-0.05, 0) is 123 Å². The van der Waals surface area contributed by atoms with Crippen LogP contribution in [0.5, 0.6) is 0 Å². The summed E-state index contributed by atoms with van der Waals surface area (Å²) in [5.74, 6) is 0. The minimum absolute atomic E-state index is 1.01. The fourth-order valence-corrected chi connectivity index (χ4v) is 9.08. The zero-order valence-corrected chi connectivity index (χ0v) is 38.7. The van der Waals surface area contributed by atoms with E-state index in [-0.39, 0.29) is 0 Å². The molecule has 0 aliphatic rings. The number of para-hydroxylation sites is 2. The first-order valence-electron chi connectivity index (χ1n) is 23.5. The molecular formula is C67H52N2. The minimum atomic E-state index is 1.01. The average Bonchev–Trinajstić information content (AvgIpc) is 3.43. The predicted octanol–water partition coefficient (Wildman–Crippen LogP) is 19.0. The minimum Gasteiger partial charge on any atom is -0.310 e. The van der Waals surface area contributed by atoms with E-state index in [1.165, 1.54) is 44.5 Å². The maximum absolute atomic E-state index is 4.38. The van der Waals surface area contributed by atoms with Gasteiger partial charge >= 0.3 is 0 Å². The van der Waals surface area contributed by atoms with Crippen molar-refractivity contribution in [1.29, 1.82) is 0 Å². The SMILES string of the molecule is C=C/C(=C\C=C(/C)c1ccccc1N(c1ccc(-c2ccccc2)cc1)c1ccc(-c2ccccc2)cc1)c1ccccc1N(c1ccc(-c2ccccc2)cc1)c1ccc(-c2ccccc2)cc1. The van der Waals surface area contributed by atoms with Gasteiger partial charge in [0.05, 0.1) is 11.4 Å². The number of rotatable bonds is 14. The summed E-state index contributed by atoms with van der Waals surface area (Å²) in [5, 5.41) is 0. The van der Waals surface area contributed by atoms with Gasteiger partial charge in [-0.1, -0.05) is 231 Å². The van der Waals surface area contributed by atoms with Crippen molar-refractivity contribution < 1.29 is 0 Å². The van der Waals surface area contributed by atoms with Gasteiger partial charge < -0.3 is 9.80 Å². The van der Waals surface area contributed by atoms with Gasteiger partial charge in [-0.25, -0.2) is 0 Å². The van der Waals surface area contributed by atoms with Crippen molar-refractivity contribution in [2.45, 2.75) is 6.92 Å². The van der Waals surface area contributed by atoms with Gasteiger partial charge in [-0.15, -0.1) is 0 Å². The Bertz CT molecular complexity index is 3170. The summed E-state index contributed by atoms with van der Waals surface area (Å²) in [5.41, 5.74) is 20.2. The van der Waals surface area contributed by atoms with E-state index in [4.69, 9.17) is 0 Å². The highest BCUT2D eigenvalue weighted by Gasteiger charge is 2.20. The van der Waals surface area contributed by atoms with Crippen molar-refractivity contribution in [3.8, 4) is 44.5 Å². The van der Waals surface area contributed by atoms with Crippen LogP contribution in [0.2, 0.25) is 0 Å². The van der Waals surface area contributed by atoms with Gasteiger partial charge in [-0.3, -0.25) is 0 Å². The van der Waals surface area contributed by atoms with E-state index in [1.54, 1.807) is 0 Å². The zero-order valence-electron chi connectivity index (χ0n) is 38.7. The van der Waals surface area contributed by atoms with Crippen molar-refractivity contribution >= 4 is 45.3 Å². The van der Waals surface area contributed by atoms with Crippen LogP contribution in [-0.4, -0.2) is 0 Å². The van der Waals surface area contributed by atoms with Gasteiger partial charge in [0, 0.05) is 33.9 Å². The predicted molar refractivity (Wildman–Crippen MR) is 296 cm³/mol. The Kier molecular flexibility index (Phi) is 13.2. The van der Waals surface area contributed by atoms with Gasteiger partial charge in [0.1, 0.15) is 0 Å². The largest absolute Gasteiger partial charge is 0.310 e. The second kappa shape index (κ2) is 20.7. The third-order valence-corrected chi connectivity index (χ3v) is 12.7. The van der Waals surface area contributed by atoms with E-state index in [0.717, 1.165) is 56.4 Å². The molecule has 0 saturated carbocycles. The number of hydrogen-bond acceptors (Lipinski definition) is 2. The molecule has 0 unspecified atom stereocenters. The normalized spacial score (nSPS) is 11.5. The fourth-order valence-electron chi connectivity index (χ4n) is 9.08. The van der Waals surface area contributed by atoms with Gasteiger partial charge in [-0.2, -0.15) is 0 Å². The van der Waals surface area contributed by atoms with Crippen LogP contribution in [-0.2, 0) is 0 Å². The molecule has 0 atom stereocenters. The molecule has 0 N–H and O–H groups in total. The summed E-state index contributed by atoms with van der Waals surface area (Å²) in [6, 6.07) is 95.1. The summed E-state index contributed by atoms with van der Waals surface area (Å²) >= 11 is 0. The summed E-state index contributed by atoms with van der Waals surface area (Å²) in [7, 11) is 0. The summed E-state index contributed by atoms with van der Waals surface area (Å²) in [4.78, 5) is 4.72. The van der Waals surface area contributed by atoms with Crippen LogP contribution in [0.15, 0.2) is 292 Å². The Morgan fingerprint density at radius 2 is 0.551 bits per heavy atom. The third kappa shape index (κ3) is 9.79. The molecule has 0 bridgehead atoms. The maximum atomic E-state index is 4.38. The molecular weight excluding hydrogens is 833 g/mol. The Balaban J connectivity index is 1.04. The lowest BCUT2D eigenvalue weighted by atomic mass is 9.98. The topological polar surface area (TPSA) is 6.48 Å². The van der Waals surface area contributed by atoms with Crippen LogP contribution >= 0.6 is 0 Å². The lowest BCUT2D eigenvalue weighted by Gasteiger charge is -2.28. The molecule has 2 heteroatoms. The highest BCUT2D eigenvalue weighted by molar-refractivity contribution is 5.92. The molecule has 0 aliphatic heterocycles. The standard InChI is InChI=1S/C67H52N2/c1-3-51(65-29-17-19-31-67(65)69(62-46-38-58(39-47-62)54-24-12-6-13-25-54)63-48-40-59(41-49-63)55-26-14-7-15-27-55)33-32-50(2)64-28-16-18-30-66(64)68(60-42-34-56(35-43-60)52-20-8-4-9-21-52)61-44-36-57(37-45-61)53-22-10-5-11-23-53/h3-49H,1H2,2H3/b50-32+,51-33+. The molecule has 69 heavy (non-hydrogen) atoms. The Hall–Kier alpha value is -8.98. The molecule has 0 saturated heterocycles. The third-order valence-electron chi connectivity index (χ3n) is 12.7. The van der Waals surface area contributed by atoms with Crippen molar-refractivity contribution in [2.75, 3.05) is 9.80 Å². The molecule has 0 aliphatic carbocycles. The first kappa shape index (κ1) is 43.9. The van der Waals surface area contributed by atoms with Crippen LogP contribution in [0, 0.1) is 0 Å². The summed E-state index contributed by atoms with van der Waals surface area (Å²) in [6.07, 6.45) is 6.41. The van der Waals surface area contributed by atoms with E-state index in [9.17, 15) is 0 Å². The Labute approximate surface area is 407 Å².